The Kier molecular flexibility index (Phi) is 2.96. The van der Waals surface area contributed by atoms with E-state index in [2.05, 4.69) is 20.2 Å². The number of hydrogen-bond acceptors (Lipinski definition) is 4. The number of aromatic nitrogens is 4. The van der Waals surface area contributed by atoms with E-state index in [0.717, 1.165) is 11.3 Å². The average molecular weight is 296 g/mol. The van der Waals surface area contributed by atoms with E-state index >= 15 is 0 Å². The zero-order valence-corrected chi connectivity index (χ0v) is 10.9. The van der Waals surface area contributed by atoms with Gasteiger partial charge in [0.1, 0.15) is 16.6 Å². The number of aromatic amines is 2. The van der Waals surface area contributed by atoms with Crippen LogP contribution in [0.3, 0.4) is 0 Å². The van der Waals surface area contributed by atoms with E-state index in [1.54, 1.807) is 0 Å². The molecule has 0 atom stereocenters. The highest BCUT2D eigenvalue weighted by molar-refractivity contribution is 7.71. The lowest BCUT2D eigenvalue weighted by molar-refractivity contribution is 0.589. The molecule has 19 heavy (non-hydrogen) atoms. The second-order valence-electron chi connectivity index (χ2n) is 3.64. The van der Waals surface area contributed by atoms with Crippen LogP contribution in [0.4, 0.5) is 8.78 Å². The highest BCUT2D eigenvalue weighted by atomic mass is 32.1. The van der Waals surface area contributed by atoms with Gasteiger partial charge < -0.3 is 0 Å². The molecule has 8 heteroatoms. The van der Waals surface area contributed by atoms with Gasteiger partial charge in [0, 0.05) is 6.20 Å². The van der Waals surface area contributed by atoms with Gasteiger partial charge in [-0.15, -0.1) is 11.3 Å². The molecule has 0 unspecified atom stereocenters. The predicted octanol–water partition coefficient (Wildman–Crippen LogP) is 3.54. The molecule has 0 saturated carbocycles. The molecular weight excluding hydrogens is 290 g/mol. The first-order valence-corrected chi connectivity index (χ1v) is 6.43. The molecule has 0 radical (unpaired) electrons. The normalized spacial score (nSPS) is 10.8. The molecule has 2 aromatic heterocycles. The molecule has 2 heterocycles. The number of halogens is 2. The molecule has 3 rings (SSSR count). The maximum atomic E-state index is 13.6. The number of H-pyrrole nitrogens is 2. The molecule has 0 aliphatic carbocycles. The fraction of sp³-hybridized carbons (Fsp3) is 0. The second-order valence-corrected chi connectivity index (χ2v) is 5.06. The topological polar surface area (TPSA) is 57.4 Å². The fourth-order valence-corrected chi connectivity index (χ4v) is 2.64. The summed E-state index contributed by atoms with van der Waals surface area (Å²) in [4.78, 5) is 8.69. The smallest absolute Gasteiger partial charge is 0.213 e. The lowest BCUT2D eigenvalue weighted by Crippen LogP contribution is -1.87. The summed E-state index contributed by atoms with van der Waals surface area (Å²) >= 11 is 5.97. The first-order valence-electron chi connectivity index (χ1n) is 5.20. The Morgan fingerprint density at radius 1 is 1.16 bits per heavy atom. The molecule has 1 aromatic carbocycles. The maximum Gasteiger partial charge on any atom is 0.213 e. The summed E-state index contributed by atoms with van der Waals surface area (Å²) in [6.45, 7) is 0. The Balaban J connectivity index is 2.09. The molecular formula is C11H6F2N4S2. The molecule has 2 N–H and O–H groups in total. The van der Waals surface area contributed by atoms with E-state index in [0.29, 0.717) is 15.5 Å². The average Bonchev–Trinajstić information content (AvgIpc) is 2.98. The highest BCUT2D eigenvalue weighted by Crippen LogP contribution is 2.33. The van der Waals surface area contributed by atoms with Crippen molar-refractivity contribution in [2.75, 3.05) is 0 Å². The van der Waals surface area contributed by atoms with E-state index < -0.39 is 11.6 Å². The van der Waals surface area contributed by atoms with Gasteiger partial charge in [-0.05, 0) is 24.4 Å². The number of thiazole rings is 1. The molecule has 4 nitrogen and oxygen atoms in total. The van der Waals surface area contributed by atoms with Crippen molar-refractivity contribution in [1.82, 2.24) is 20.2 Å². The SMILES string of the molecule is Fc1cccc(F)c1-c1ncc(-c2nc(=S)[nH][nH]2)s1. The molecule has 0 aliphatic heterocycles. The Hall–Kier alpha value is -1.93. The monoisotopic (exact) mass is 296 g/mol. The van der Waals surface area contributed by atoms with Crippen LogP contribution in [0.5, 0.6) is 0 Å². The summed E-state index contributed by atoms with van der Waals surface area (Å²) in [6, 6.07) is 3.71. The van der Waals surface area contributed by atoms with Crippen LogP contribution in [0.15, 0.2) is 24.4 Å². The minimum atomic E-state index is -0.643. The Morgan fingerprint density at radius 2 is 1.89 bits per heavy atom. The van der Waals surface area contributed by atoms with Crippen molar-refractivity contribution in [2.24, 2.45) is 0 Å². The van der Waals surface area contributed by atoms with Gasteiger partial charge in [-0.3, -0.25) is 10.2 Å². The van der Waals surface area contributed by atoms with E-state index in [4.69, 9.17) is 12.2 Å². The van der Waals surface area contributed by atoms with Crippen LogP contribution in [0.25, 0.3) is 21.3 Å². The molecule has 0 spiro atoms. The van der Waals surface area contributed by atoms with Gasteiger partial charge in [0.15, 0.2) is 5.82 Å². The number of benzene rings is 1. The van der Waals surface area contributed by atoms with Gasteiger partial charge in [-0.1, -0.05) is 6.07 Å². The lowest BCUT2D eigenvalue weighted by atomic mass is 10.2. The summed E-state index contributed by atoms with van der Waals surface area (Å²) in [5.41, 5.74) is -0.132. The van der Waals surface area contributed by atoms with Gasteiger partial charge in [-0.25, -0.2) is 13.8 Å². The Morgan fingerprint density at radius 3 is 2.53 bits per heavy atom. The minimum Gasteiger partial charge on any atom is -0.281 e. The molecule has 0 saturated heterocycles. The first kappa shape index (κ1) is 12.1. The third kappa shape index (κ3) is 2.20. The van der Waals surface area contributed by atoms with Crippen molar-refractivity contribution in [3.05, 3.63) is 40.8 Å². The maximum absolute atomic E-state index is 13.6. The van der Waals surface area contributed by atoms with Crippen molar-refractivity contribution in [3.63, 3.8) is 0 Å². The molecule has 3 aromatic rings. The van der Waals surface area contributed by atoms with Crippen molar-refractivity contribution < 1.29 is 8.78 Å². The van der Waals surface area contributed by atoms with Crippen LogP contribution in [0.2, 0.25) is 0 Å². The van der Waals surface area contributed by atoms with E-state index in [-0.39, 0.29) is 10.6 Å². The van der Waals surface area contributed by atoms with Gasteiger partial charge in [0.2, 0.25) is 4.77 Å². The van der Waals surface area contributed by atoms with E-state index in [1.807, 2.05) is 0 Å². The molecule has 0 amide bonds. The molecule has 0 aliphatic rings. The summed E-state index contributed by atoms with van der Waals surface area (Å²) in [6.07, 6.45) is 1.49. The van der Waals surface area contributed by atoms with Crippen LogP contribution < -0.4 is 0 Å². The van der Waals surface area contributed by atoms with Crippen molar-refractivity contribution >= 4 is 23.6 Å². The van der Waals surface area contributed by atoms with Crippen molar-refractivity contribution in [3.8, 4) is 21.3 Å². The standard InChI is InChI=1S/C11H6F2N4S2/c12-5-2-1-3-6(13)8(5)10-14-4-7(19-10)9-15-11(18)17-16-9/h1-4H,(H2,15,16,17,18). The van der Waals surface area contributed by atoms with Crippen LogP contribution >= 0.6 is 23.6 Å². The van der Waals surface area contributed by atoms with Gasteiger partial charge in [0.25, 0.3) is 0 Å². The Labute approximate surface area is 115 Å². The second kappa shape index (κ2) is 4.63. The summed E-state index contributed by atoms with van der Waals surface area (Å²) in [5, 5.41) is 5.66. The highest BCUT2D eigenvalue weighted by Gasteiger charge is 2.16. The van der Waals surface area contributed by atoms with Crippen molar-refractivity contribution in [2.45, 2.75) is 0 Å². The number of hydrogen-bond donors (Lipinski definition) is 2. The van der Waals surface area contributed by atoms with Gasteiger partial charge in [-0.2, -0.15) is 4.98 Å². The van der Waals surface area contributed by atoms with Crippen molar-refractivity contribution in [1.29, 1.82) is 0 Å². The van der Waals surface area contributed by atoms with Gasteiger partial charge >= 0.3 is 0 Å². The van der Waals surface area contributed by atoms with Crippen LogP contribution in [-0.4, -0.2) is 20.2 Å². The third-order valence-electron chi connectivity index (χ3n) is 2.42. The van der Waals surface area contributed by atoms with Crippen LogP contribution in [0, 0.1) is 16.4 Å². The zero-order valence-electron chi connectivity index (χ0n) is 9.28. The van der Waals surface area contributed by atoms with E-state index in [9.17, 15) is 8.78 Å². The largest absolute Gasteiger partial charge is 0.281 e. The van der Waals surface area contributed by atoms with Gasteiger partial charge in [0.05, 0.1) is 10.4 Å². The minimum absolute atomic E-state index is 0.132. The lowest BCUT2D eigenvalue weighted by Gasteiger charge is -1.99. The van der Waals surface area contributed by atoms with E-state index in [1.165, 1.54) is 24.4 Å². The molecule has 0 bridgehead atoms. The molecule has 96 valence electrons. The number of nitrogens with one attached hydrogen (secondary N) is 2. The van der Waals surface area contributed by atoms with Crippen LogP contribution in [-0.2, 0) is 0 Å². The Bertz CT molecular complexity index is 770. The predicted molar refractivity (Wildman–Crippen MR) is 70.2 cm³/mol. The number of rotatable bonds is 2. The van der Waals surface area contributed by atoms with Crippen LogP contribution in [0.1, 0.15) is 0 Å². The summed E-state index contributed by atoms with van der Waals surface area (Å²) in [7, 11) is 0. The summed E-state index contributed by atoms with van der Waals surface area (Å²) < 4.78 is 27.6. The number of nitrogens with zero attached hydrogens (tertiary/aromatic N) is 2. The third-order valence-corrected chi connectivity index (χ3v) is 3.63. The zero-order chi connectivity index (χ0) is 13.4. The summed E-state index contributed by atoms with van der Waals surface area (Å²) in [5.74, 6) is -0.794. The quantitative estimate of drug-likeness (QED) is 0.711. The first-order chi connectivity index (χ1) is 9.15. The molecule has 0 fully saturated rings. The fourth-order valence-electron chi connectivity index (χ4n) is 1.59.